The topological polar surface area (TPSA) is 46.5 Å². The first kappa shape index (κ1) is 14.4. The summed E-state index contributed by atoms with van der Waals surface area (Å²) in [5, 5.41) is 9.66. The number of carbonyl (C=O) groups excluding carboxylic acids is 1. The highest BCUT2D eigenvalue weighted by atomic mass is 16.6. The first-order chi connectivity index (χ1) is 6.63. The van der Waals surface area contributed by atoms with Crippen molar-refractivity contribution in [2.24, 2.45) is 17.3 Å². The Labute approximate surface area is 92.8 Å². The molecule has 0 saturated carbocycles. The van der Waals surface area contributed by atoms with E-state index in [2.05, 4.69) is 20.8 Å². The molecule has 0 amide bonds. The second kappa shape index (κ2) is 5.50. The minimum absolute atomic E-state index is 0.0345. The van der Waals surface area contributed by atoms with Gasteiger partial charge in [0.25, 0.3) is 0 Å². The summed E-state index contributed by atoms with van der Waals surface area (Å²) in [7, 11) is 0. The van der Waals surface area contributed by atoms with Crippen LogP contribution in [0.5, 0.6) is 0 Å². The van der Waals surface area contributed by atoms with Gasteiger partial charge in [0.05, 0.1) is 5.92 Å². The third-order valence-electron chi connectivity index (χ3n) is 2.13. The van der Waals surface area contributed by atoms with E-state index in [4.69, 9.17) is 4.74 Å². The Balaban J connectivity index is 4.10. The number of ether oxygens (including phenoxy) is 1. The zero-order valence-corrected chi connectivity index (χ0v) is 10.7. The molecule has 15 heavy (non-hydrogen) atoms. The van der Waals surface area contributed by atoms with Crippen molar-refractivity contribution < 1.29 is 14.6 Å². The summed E-state index contributed by atoms with van der Waals surface area (Å²) in [4.78, 5) is 11.2. The second-order valence-electron chi connectivity index (χ2n) is 5.72. The highest BCUT2D eigenvalue weighted by molar-refractivity contribution is 5.71. The Morgan fingerprint density at radius 2 is 1.73 bits per heavy atom. The lowest BCUT2D eigenvalue weighted by atomic mass is 9.85. The molecule has 0 aliphatic heterocycles. The van der Waals surface area contributed by atoms with Gasteiger partial charge in [-0.05, 0) is 11.8 Å². The molecule has 0 aliphatic rings. The van der Waals surface area contributed by atoms with Crippen LogP contribution in [0.1, 0.15) is 48.0 Å². The number of aliphatic hydroxyl groups excluding tert-OH is 1. The molecule has 0 rings (SSSR count). The van der Waals surface area contributed by atoms with E-state index < -0.39 is 6.29 Å². The molecule has 3 nitrogen and oxygen atoms in total. The SMILES string of the molecule is CC(C)C(=O)OC(O)C(C)CC(C)(C)C. The van der Waals surface area contributed by atoms with Gasteiger partial charge in [-0.3, -0.25) is 4.79 Å². The van der Waals surface area contributed by atoms with Crippen molar-refractivity contribution in [2.45, 2.75) is 54.3 Å². The Morgan fingerprint density at radius 1 is 1.27 bits per heavy atom. The lowest BCUT2D eigenvalue weighted by Crippen LogP contribution is -2.29. The normalized spacial score (nSPS) is 16.3. The molecule has 2 unspecified atom stereocenters. The average Bonchev–Trinajstić information content (AvgIpc) is 2.00. The molecule has 1 N–H and O–H groups in total. The zero-order chi connectivity index (χ0) is 12.2. The van der Waals surface area contributed by atoms with Crippen LogP contribution in [-0.2, 0) is 9.53 Å². The summed E-state index contributed by atoms with van der Waals surface area (Å²) in [6.45, 7) is 11.7. The Kier molecular flexibility index (Phi) is 5.29. The minimum Gasteiger partial charge on any atom is -0.435 e. The molecule has 0 radical (unpaired) electrons. The minimum atomic E-state index is -0.987. The van der Waals surface area contributed by atoms with Gasteiger partial charge in [0.15, 0.2) is 0 Å². The number of aliphatic hydroxyl groups is 1. The summed E-state index contributed by atoms with van der Waals surface area (Å²) in [6, 6.07) is 0. The van der Waals surface area contributed by atoms with Crippen LogP contribution in [0.2, 0.25) is 0 Å². The van der Waals surface area contributed by atoms with E-state index >= 15 is 0 Å². The summed E-state index contributed by atoms with van der Waals surface area (Å²) >= 11 is 0. The molecule has 0 bridgehead atoms. The Hall–Kier alpha value is -0.570. The highest BCUT2D eigenvalue weighted by Crippen LogP contribution is 2.26. The number of esters is 1. The van der Waals surface area contributed by atoms with Gasteiger partial charge in [0.2, 0.25) is 6.29 Å². The van der Waals surface area contributed by atoms with Gasteiger partial charge >= 0.3 is 5.97 Å². The second-order valence-corrected chi connectivity index (χ2v) is 5.72. The average molecular weight is 216 g/mol. The zero-order valence-electron chi connectivity index (χ0n) is 10.7. The van der Waals surface area contributed by atoms with E-state index in [0.29, 0.717) is 0 Å². The van der Waals surface area contributed by atoms with E-state index in [1.54, 1.807) is 13.8 Å². The van der Waals surface area contributed by atoms with Crippen molar-refractivity contribution in [3.05, 3.63) is 0 Å². The number of carbonyl (C=O) groups is 1. The van der Waals surface area contributed by atoms with Crippen LogP contribution in [0.4, 0.5) is 0 Å². The largest absolute Gasteiger partial charge is 0.435 e. The molecular weight excluding hydrogens is 192 g/mol. The van der Waals surface area contributed by atoms with Crippen molar-refractivity contribution in [1.29, 1.82) is 0 Å². The molecule has 0 heterocycles. The van der Waals surface area contributed by atoms with Crippen LogP contribution in [0, 0.1) is 17.3 Å². The molecule has 0 saturated heterocycles. The first-order valence-electron chi connectivity index (χ1n) is 5.52. The smallest absolute Gasteiger partial charge is 0.310 e. The van der Waals surface area contributed by atoms with E-state index in [9.17, 15) is 9.90 Å². The predicted molar refractivity (Wildman–Crippen MR) is 60.2 cm³/mol. The van der Waals surface area contributed by atoms with Crippen LogP contribution >= 0.6 is 0 Å². The molecule has 0 aromatic carbocycles. The fraction of sp³-hybridized carbons (Fsp3) is 0.917. The molecule has 90 valence electrons. The molecule has 0 aromatic heterocycles. The lowest BCUT2D eigenvalue weighted by Gasteiger charge is -2.26. The van der Waals surface area contributed by atoms with Crippen LogP contribution in [0.15, 0.2) is 0 Å². The summed E-state index contributed by atoms with van der Waals surface area (Å²) in [6.07, 6.45) is -0.168. The molecule has 0 spiro atoms. The maximum absolute atomic E-state index is 11.2. The molecule has 0 fully saturated rings. The van der Waals surface area contributed by atoms with Gasteiger partial charge in [0.1, 0.15) is 0 Å². The summed E-state index contributed by atoms with van der Waals surface area (Å²) in [5.41, 5.74) is 0.130. The number of hydrogen-bond acceptors (Lipinski definition) is 3. The fourth-order valence-corrected chi connectivity index (χ4v) is 1.44. The van der Waals surface area contributed by atoms with Crippen LogP contribution in [0.3, 0.4) is 0 Å². The van der Waals surface area contributed by atoms with Crippen LogP contribution in [-0.4, -0.2) is 17.4 Å². The van der Waals surface area contributed by atoms with Gasteiger partial charge in [-0.15, -0.1) is 0 Å². The first-order valence-corrected chi connectivity index (χ1v) is 5.52. The quantitative estimate of drug-likeness (QED) is 0.580. The van der Waals surface area contributed by atoms with E-state index in [0.717, 1.165) is 6.42 Å². The predicted octanol–water partition coefficient (Wildman–Crippen LogP) is 2.58. The van der Waals surface area contributed by atoms with Crippen molar-refractivity contribution in [2.75, 3.05) is 0 Å². The van der Waals surface area contributed by atoms with Crippen molar-refractivity contribution >= 4 is 5.97 Å². The van der Waals surface area contributed by atoms with Gasteiger partial charge in [-0.25, -0.2) is 0 Å². The Morgan fingerprint density at radius 3 is 2.07 bits per heavy atom. The molecule has 0 aliphatic carbocycles. The molecule has 2 atom stereocenters. The van der Waals surface area contributed by atoms with Gasteiger partial charge in [0, 0.05) is 5.92 Å². The van der Waals surface area contributed by atoms with Crippen LogP contribution < -0.4 is 0 Å². The van der Waals surface area contributed by atoms with Crippen LogP contribution in [0.25, 0.3) is 0 Å². The van der Waals surface area contributed by atoms with E-state index in [1.165, 1.54) is 0 Å². The van der Waals surface area contributed by atoms with Gasteiger partial charge in [-0.1, -0.05) is 41.5 Å². The summed E-state index contributed by atoms with van der Waals surface area (Å²) < 4.78 is 4.94. The van der Waals surface area contributed by atoms with Crippen molar-refractivity contribution in [3.63, 3.8) is 0 Å². The molecular formula is C12H24O3. The third-order valence-corrected chi connectivity index (χ3v) is 2.13. The van der Waals surface area contributed by atoms with Gasteiger partial charge in [-0.2, -0.15) is 0 Å². The van der Waals surface area contributed by atoms with Crippen molar-refractivity contribution in [1.82, 2.24) is 0 Å². The van der Waals surface area contributed by atoms with E-state index in [-0.39, 0.29) is 23.2 Å². The summed E-state index contributed by atoms with van der Waals surface area (Å²) in [5.74, 6) is -0.572. The maximum Gasteiger partial charge on any atom is 0.310 e. The monoisotopic (exact) mass is 216 g/mol. The maximum atomic E-state index is 11.2. The Bertz CT molecular complexity index is 203. The fourth-order valence-electron chi connectivity index (χ4n) is 1.44. The lowest BCUT2D eigenvalue weighted by molar-refractivity contribution is -0.181. The number of hydrogen-bond donors (Lipinski definition) is 1. The number of rotatable bonds is 4. The van der Waals surface area contributed by atoms with Crippen molar-refractivity contribution in [3.8, 4) is 0 Å². The van der Waals surface area contributed by atoms with E-state index in [1.807, 2.05) is 6.92 Å². The standard InChI is InChI=1S/C12H24O3/c1-8(2)10(13)15-11(14)9(3)7-12(4,5)6/h8-9,11,14H,7H2,1-6H3. The highest BCUT2D eigenvalue weighted by Gasteiger charge is 2.24. The molecule has 0 aromatic rings. The third kappa shape index (κ3) is 6.50. The molecule has 3 heteroatoms. The van der Waals surface area contributed by atoms with Gasteiger partial charge < -0.3 is 9.84 Å².